The van der Waals surface area contributed by atoms with E-state index < -0.39 is 28.0 Å². The smallest absolute Gasteiger partial charge is 0.348 e. The monoisotopic (exact) mass is 323 g/mol. The number of rotatable bonds is 6. The van der Waals surface area contributed by atoms with Crippen LogP contribution in [0.1, 0.15) is 16.6 Å². The highest BCUT2D eigenvalue weighted by molar-refractivity contribution is 7.91. The summed E-state index contributed by atoms with van der Waals surface area (Å²) < 4.78 is 35.2. The molecule has 1 aromatic heterocycles. The van der Waals surface area contributed by atoms with Gasteiger partial charge in [-0.1, -0.05) is 0 Å². The molecule has 0 amide bonds. The maximum atomic E-state index is 12.1. The van der Waals surface area contributed by atoms with Gasteiger partial charge in [0.1, 0.15) is 10.9 Å². The van der Waals surface area contributed by atoms with Crippen LogP contribution in [0.4, 0.5) is 0 Å². The molecule has 8 nitrogen and oxygen atoms in total. The minimum absolute atomic E-state index is 0.0349. The molecule has 1 rings (SSSR count). The third kappa shape index (κ3) is 3.46. The molecule has 1 heterocycles. The summed E-state index contributed by atoms with van der Waals surface area (Å²) in [5.41, 5.74) is 0. The van der Waals surface area contributed by atoms with Crippen molar-refractivity contribution in [3.8, 4) is 5.75 Å². The Balaban J connectivity index is 3.20. The summed E-state index contributed by atoms with van der Waals surface area (Å²) >= 11 is 0.634. The molecule has 1 atom stereocenters. The summed E-state index contributed by atoms with van der Waals surface area (Å²) in [5, 5.41) is 8.72. The van der Waals surface area contributed by atoms with Crippen molar-refractivity contribution in [3.63, 3.8) is 0 Å². The van der Waals surface area contributed by atoms with E-state index in [1.54, 1.807) is 0 Å². The lowest BCUT2D eigenvalue weighted by molar-refractivity contribution is -0.138. The van der Waals surface area contributed by atoms with Gasteiger partial charge in [-0.2, -0.15) is 4.72 Å². The Kier molecular flexibility index (Phi) is 5.09. The van der Waals surface area contributed by atoms with Crippen molar-refractivity contribution in [3.05, 3.63) is 10.9 Å². The summed E-state index contributed by atoms with van der Waals surface area (Å²) in [6.07, 6.45) is 0. The van der Waals surface area contributed by atoms with E-state index in [1.165, 1.54) is 20.1 Å². The van der Waals surface area contributed by atoms with E-state index in [4.69, 9.17) is 9.84 Å². The van der Waals surface area contributed by atoms with E-state index in [1.807, 2.05) is 4.72 Å². The van der Waals surface area contributed by atoms with Crippen molar-refractivity contribution >= 4 is 33.3 Å². The lowest BCUT2D eigenvalue weighted by Crippen LogP contribution is -2.38. The number of esters is 1. The Morgan fingerprint density at radius 3 is 2.45 bits per heavy atom. The molecule has 2 N–H and O–H groups in total. The molecule has 112 valence electrons. The van der Waals surface area contributed by atoms with Crippen LogP contribution >= 0.6 is 11.3 Å². The van der Waals surface area contributed by atoms with Crippen molar-refractivity contribution in [2.24, 2.45) is 0 Å². The highest BCUT2D eigenvalue weighted by atomic mass is 32.2. The van der Waals surface area contributed by atoms with E-state index in [0.717, 1.165) is 7.11 Å². The Hall–Kier alpha value is -1.65. The third-order valence-electron chi connectivity index (χ3n) is 2.22. The van der Waals surface area contributed by atoms with Crippen LogP contribution in [0.25, 0.3) is 0 Å². The average molecular weight is 323 g/mol. The minimum atomic E-state index is -4.11. The first-order valence-electron chi connectivity index (χ1n) is 5.24. The van der Waals surface area contributed by atoms with Crippen LogP contribution in [0.3, 0.4) is 0 Å². The van der Waals surface area contributed by atoms with Gasteiger partial charge >= 0.3 is 11.9 Å². The van der Waals surface area contributed by atoms with Crippen LogP contribution in [0.5, 0.6) is 5.75 Å². The molecule has 0 saturated carbocycles. The average Bonchev–Trinajstić information content (AvgIpc) is 2.82. The number of sulfonamides is 1. The number of aliphatic carboxylic acids is 1. The van der Waals surface area contributed by atoms with E-state index in [0.29, 0.717) is 11.3 Å². The zero-order valence-electron chi connectivity index (χ0n) is 10.9. The molecule has 0 radical (unpaired) electrons. The van der Waals surface area contributed by atoms with Crippen molar-refractivity contribution in [2.75, 3.05) is 14.2 Å². The standard InChI is InChI=1S/C10H13NO7S2/c1-5(8(12)13)11-20(15,16)10-6(17-2)4-7(19-10)9(14)18-3/h4-5,11H,1-3H3,(H,12,13). The van der Waals surface area contributed by atoms with E-state index in [9.17, 15) is 18.0 Å². The van der Waals surface area contributed by atoms with Crippen molar-refractivity contribution < 1.29 is 32.6 Å². The van der Waals surface area contributed by atoms with E-state index in [2.05, 4.69) is 4.74 Å². The first-order chi connectivity index (χ1) is 9.22. The van der Waals surface area contributed by atoms with Gasteiger partial charge < -0.3 is 14.6 Å². The fourth-order valence-corrected chi connectivity index (χ4v) is 3.93. The molecule has 0 aliphatic heterocycles. The van der Waals surface area contributed by atoms with Crippen LogP contribution in [-0.2, 0) is 19.6 Å². The second-order valence-electron chi connectivity index (χ2n) is 3.64. The fourth-order valence-electron chi connectivity index (χ4n) is 1.22. The van der Waals surface area contributed by atoms with Crippen LogP contribution in [-0.4, -0.2) is 45.7 Å². The maximum Gasteiger partial charge on any atom is 0.348 e. The minimum Gasteiger partial charge on any atom is -0.494 e. The van der Waals surface area contributed by atoms with Gasteiger partial charge in [0, 0.05) is 6.07 Å². The Bertz CT molecular complexity index is 620. The molecule has 10 heteroatoms. The summed E-state index contributed by atoms with van der Waals surface area (Å²) in [6, 6.07) is -0.0929. The number of nitrogens with one attached hydrogen (secondary N) is 1. The lowest BCUT2D eigenvalue weighted by atomic mass is 10.4. The van der Waals surface area contributed by atoms with Gasteiger partial charge in [0.25, 0.3) is 10.0 Å². The highest BCUT2D eigenvalue weighted by Gasteiger charge is 2.28. The summed E-state index contributed by atoms with van der Waals surface area (Å²) in [6.45, 7) is 1.18. The summed E-state index contributed by atoms with van der Waals surface area (Å²) in [7, 11) is -1.71. The molecule has 0 bridgehead atoms. The highest BCUT2D eigenvalue weighted by Crippen LogP contribution is 2.33. The zero-order chi connectivity index (χ0) is 15.5. The number of carboxylic acids is 1. The van der Waals surface area contributed by atoms with Gasteiger partial charge in [-0.05, 0) is 6.92 Å². The molecule has 0 spiro atoms. The van der Waals surface area contributed by atoms with Gasteiger partial charge in [-0.3, -0.25) is 4.79 Å². The molecule has 0 aliphatic carbocycles. The lowest BCUT2D eigenvalue weighted by Gasteiger charge is -2.09. The van der Waals surface area contributed by atoms with Gasteiger partial charge in [0.05, 0.1) is 14.2 Å². The number of carbonyl (C=O) groups is 2. The molecule has 0 fully saturated rings. The molecular formula is C10H13NO7S2. The summed E-state index contributed by atoms with van der Waals surface area (Å²) in [4.78, 5) is 22.1. The number of carboxylic acid groups (broad SMARTS) is 1. The fraction of sp³-hybridized carbons (Fsp3) is 0.400. The van der Waals surface area contributed by atoms with Gasteiger partial charge in [-0.25, -0.2) is 13.2 Å². The van der Waals surface area contributed by atoms with Gasteiger partial charge in [-0.15, -0.1) is 11.3 Å². The number of hydrogen-bond donors (Lipinski definition) is 2. The van der Waals surface area contributed by atoms with Gasteiger partial charge in [0.2, 0.25) is 0 Å². The quantitative estimate of drug-likeness (QED) is 0.722. The Labute approximate surface area is 119 Å². The predicted molar refractivity (Wildman–Crippen MR) is 69.6 cm³/mol. The molecule has 0 aliphatic rings. The van der Waals surface area contributed by atoms with E-state index in [-0.39, 0.29) is 14.8 Å². The molecular weight excluding hydrogens is 310 g/mol. The number of hydrogen-bond acceptors (Lipinski definition) is 7. The van der Waals surface area contributed by atoms with Gasteiger partial charge in [0.15, 0.2) is 9.96 Å². The van der Waals surface area contributed by atoms with Crippen LogP contribution < -0.4 is 9.46 Å². The Morgan fingerprint density at radius 1 is 1.40 bits per heavy atom. The number of methoxy groups -OCH3 is 2. The summed E-state index contributed by atoms with van der Waals surface area (Å²) in [5.74, 6) is -2.08. The number of carbonyl (C=O) groups excluding carboxylic acids is 1. The van der Waals surface area contributed by atoms with Crippen molar-refractivity contribution in [1.29, 1.82) is 0 Å². The second kappa shape index (κ2) is 6.20. The zero-order valence-corrected chi connectivity index (χ0v) is 12.5. The molecule has 20 heavy (non-hydrogen) atoms. The first kappa shape index (κ1) is 16.4. The van der Waals surface area contributed by atoms with Crippen LogP contribution in [0.2, 0.25) is 0 Å². The van der Waals surface area contributed by atoms with Crippen LogP contribution in [0.15, 0.2) is 10.3 Å². The topological polar surface area (TPSA) is 119 Å². The first-order valence-corrected chi connectivity index (χ1v) is 7.54. The molecule has 1 aromatic rings. The van der Waals surface area contributed by atoms with E-state index >= 15 is 0 Å². The maximum absolute atomic E-state index is 12.1. The Morgan fingerprint density at radius 2 is 2.00 bits per heavy atom. The largest absolute Gasteiger partial charge is 0.494 e. The third-order valence-corrected chi connectivity index (χ3v) is 5.37. The SMILES string of the molecule is COC(=O)c1cc(OC)c(S(=O)(=O)NC(C)C(=O)O)s1. The van der Waals surface area contributed by atoms with Crippen LogP contribution in [0, 0.1) is 0 Å². The van der Waals surface area contributed by atoms with Crippen molar-refractivity contribution in [2.45, 2.75) is 17.2 Å². The molecule has 1 unspecified atom stereocenters. The number of ether oxygens (including phenoxy) is 2. The molecule has 0 aromatic carbocycles. The van der Waals surface area contributed by atoms with Crippen molar-refractivity contribution in [1.82, 2.24) is 4.72 Å². The predicted octanol–water partition coefficient (Wildman–Crippen LogP) is 0.295. The number of thiophene rings is 1. The molecule has 0 saturated heterocycles. The normalized spacial score (nSPS) is 12.8. The second-order valence-corrected chi connectivity index (χ2v) is 6.60.